The topological polar surface area (TPSA) is 41.1 Å². The number of rotatable bonds is 7. The van der Waals surface area contributed by atoms with Gasteiger partial charge in [-0.15, -0.1) is 12.4 Å². The molecule has 0 aliphatic rings. The van der Waals surface area contributed by atoms with Crippen LogP contribution in [0.1, 0.15) is 23.5 Å². The van der Waals surface area contributed by atoms with Crippen molar-refractivity contribution in [3.8, 4) is 0 Å². The van der Waals surface area contributed by atoms with Crippen LogP contribution in [0, 0.1) is 0 Å². The average Bonchev–Trinajstić information content (AvgIpc) is 2.55. The van der Waals surface area contributed by atoms with E-state index in [1.165, 1.54) is 11.1 Å². The van der Waals surface area contributed by atoms with Gasteiger partial charge in [-0.3, -0.25) is 4.79 Å². The van der Waals surface area contributed by atoms with E-state index in [4.69, 9.17) is 0 Å². The Balaban J connectivity index is 0.00000242. The average molecular weight is 319 g/mol. The first-order chi connectivity index (χ1) is 10.3. The summed E-state index contributed by atoms with van der Waals surface area (Å²) in [6.07, 6.45) is 0.507. The molecule has 0 aliphatic heterocycles. The van der Waals surface area contributed by atoms with Gasteiger partial charge >= 0.3 is 0 Å². The van der Waals surface area contributed by atoms with Gasteiger partial charge in [0.1, 0.15) is 0 Å². The van der Waals surface area contributed by atoms with Crippen molar-refractivity contribution < 1.29 is 4.79 Å². The summed E-state index contributed by atoms with van der Waals surface area (Å²) in [6, 6.07) is 20.6. The summed E-state index contributed by atoms with van der Waals surface area (Å²) >= 11 is 0. The van der Waals surface area contributed by atoms with Crippen LogP contribution in [0.3, 0.4) is 0 Å². The predicted molar refractivity (Wildman–Crippen MR) is 93.5 cm³/mol. The number of nitrogens with one attached hydrogen (secondary N) is 2. The number of halogens is 1. The standard InChI is InChI=1S/C18H22N2O.ClH/c1-19-13-12-18(21)20-14-17(15-8-4-2-5-9-15)16-10-6-3-7-11-16;/h2-11,17,19H,12-14H2,1H3,(H,20,21);1H. The Labute approximate surface area is 138 Å². The van der Waals surface area contributed by atoms with Gasteiger partial charge in [0.25, 0.3) is 0 Å². The first kappa shape index (κ1) is 18.2. The summed E-state index contributed by atoms with van der Waals surface area (Å²) in [5, 5.41) is 6.02. The molecule has 3 nitrogen and oxygen atoms in total. The smallest absolute Gasteiger partial charge is 0.221 e. The summed E-state index contributed by atoms with van der Waals surface area (Å²) in [5.41, 5.74) is 2.44. The zero-order valence-corrected chi connectivity index (χ0v) is 13.6. The predicted octanol–water partition coefficient (Wildman–Crippen LogP) is 2.97. The van der Waals surface area contributed by atoms with Gasteiger partial charge in [0.15, 0.2) is 0 Å². The molecule has 0 fully saturated rings. The summed E-state index contributed by atoms with van der Waals surface area (Å²) in [5.74, 6) is 0.271. The summed E-state index contributed by atoms with van der Waals surface area (Å²) < 4.78 is 0. The molecule has 0 atom stereocenters. The lowest BCUT2D eigenvalue weighted by Gasteiger charge is -2.19. The molecule has 0 saturated carbocycles. The van der Waals surface area contributed by atoms with Crippen molar-refractivity contribution in [1.82, 2.24) is 10.6 Å². The molecule has 22 heavy (non-hydrogen) atoms. The second-order valence-corrected chi connectivity index (χ2v) is 5.03. The molecule has 0 radical (unpaired) electrons. The van der Waals surface area contributed by atoms with E-state index in [1.807, 2.05) is 43.4 Å². The fourth-order valence-electron chi connectivity index (χ4n) is 2.34. The Morgan fingerprint density at radius 1 is 0.955 bits per heavy atom. The number of hydrogen-bond acceptors (Lipinski definition) is 2. The molecule has 118 valence electrons. The van der Waals surface area contributed by atoms with Gasteiger partial charge in [-0.05, 0) is 18.2 Å². The molecule has 0 unspecified atom stereocenters. The van der Waals surface area contributed by atoms with Gasteiger partial charge in [0.05, 0.1) is 0 Å². The SMILES string of the molecule is CNCCC(=O)NCC(c1ccccc1)c1ccccc1.Cl. The minimum atomic E-state index is 0. The van der Waals surface area contributed by atoms with E-state index in [0.29, 0.717) is 19.5 Å². The molecule has 2 rings (SSSR count). The van der Waals surface area contributed by atoms with E-state index in [-0.39, 0.29) is 24.2 Å². The van der Waals surface area contributed by atoms with E-state index in [2.05, 4.69) is 34.9 Å². The zero-order chi connectivity index (χ0) is 14.9. The van der Waals surface area contributed by atoms with Gasteiger partial charge in [-0.1, -0.05) is 60.7 Å². The number of carbonyl (C=O) groups excluding carboxylic acids is 1. The number of benzene rings is 2. The van der Waals surface area contributed by atoms with Crippen LogP contribution in [-0.4, -0.2) is 26.0 Å². The molecule has 2 aromatic rings. The third kappa shape index (κ3) is 5.51. The number of hydrogen-bond donors (Lipinski definition) is 2. The van der Waals surface area contributed by atoms with Crippen molar-refractivity contribution in [2.24, 2.45) is 0 Å². The monoisotopic (exact) mass is 318 g/mol. The quantitative estimate of drug-likeness (QED) is 0.824. The highest BCUT2D eigenvalue weighted by molar-refractivity contribution is 5.85. The van der Waals surface area contributed by atoms with Gasteiger partial charge in [-0.25, -0.2) is 0 Å². The number of carbonyl (C=O) groups is 1. The lowest BCUT2D eigenvalue weighted by Crippen LogP contribution is -2.30. The van der Waals surface area contributed by atoms with Crippen molar-refractivity contribution in [1.29, 1.82) is 0 Å². The highest BCUT2D eigenvalue weighted by atomic mass is 35.5. The van der Waals surface area contributed by atoms with Crippen molar-refractivity contribution in [3.05, 3.63) is 71.8 Å². The molecule has 0 saturated heterocycles. The molecule has 0 aromatic heterocycles. The van der Waals surface area contributed by atoms with E-state index >= 15 is 0 Å². The van der Waals surface area contributed by atoms with Crippen LogP contribution in [0.15, 0.2) is 60.7 Å². The van der Waals surface area contributed by atoms with E-state index < -0.39 is 0 Å². The van der Waals surface area contributed by atoms with Crippen molar-refractivity contribution >= 4 is 18.3 Å². The third-order valence-corrected chi connectivity index (χ3v) is 3.51. The number of amides is 1. The van der Waals surface area contributed by atoms with Crippen LogP contribution in [0.5, 0.6) is 0 Å². The second kappa shape index (κ2) is 9.98. The maximum Gasteiger partial charge on any atom is 0.221 e. The Morgan fingerprint density at radius 3 is 1.91 bits per heavy atom. The van der Waals surface area contributed by atoms with E-state index in [9.17, 15) is 4.79 Å². The molecule has 1 amide bonds. The Bertz CT molecular complexity index is 506. The summed E-state index contributed by atoms with van der Waals surface area (Å²) in [4.78, 5) is 11.8. The maximum atomic E-state index is 11.8. The fourth-order valence-corrected chi connectivity index (χ4v) is 2.34. The van der Waals surface area contributed by atoms with Gasteiger partial charge in [-0.2, -0.15) is 0 Å². The van der Waals surface area contributed by atoms with Crippen LogP contribution >= 0.6 is 12.4 Å². The lowest BCUT2D eigenvalue weighted by molar-refractivity contribution is -0.121. The second-order valence-electron chi connectivity index (χ2n) is 5.03. The largest absolute Gasteiger partial charge is 0.355 e. The minimum absolute atomic E-state index is 0. The Morgan fingerprint density at radius 2 is 1.45 bits per heavy atom. The molecule has 2 N–H and O–H groups in total. The van der Waals surface area contributed by atoms with E-state index in [1.54, 1.807) is 0 Å². The first-order valence-electron chi connectivity index (χ1n) is 7.32. The molecule has 4 heteroatoms. The van der Waals surface area contributed by atoms with Crippen molar-refractivity contribution in [2.75, 3.05) is 20.1 Å². The minimum Gasteiger partial charge on any atom is -0.355 e. The Kier molecular flexibility index (Phi) is 8.26. The maximum absolute atomic E-state index is 11.8. The summed E-state index contributed by atoms with van der Waals surface area (Å²) in [7, 11) is 1.85. The van der Waals surface area contributed by atoms with Crippen molar-refractivity contribution in [2.45, 2.75) is 12.3 Å². The molecular formula is C18H23ClN2O. The molecule has 2 aromatic carbocycles. The van der Waals surface area contributed by atoms with Crippen LogP contribution in [-0.2, 0) is 4.79 Å². The van der Waals surface area contributed by atoms with E-state index in [0.717, 1.165) is 0 Å². The Hall–Kier alpha value is -1.84. The zero-order valence-electron chi connectivity index (χ0n) is 12.8. The van der Waals surface area contributed by atoms with Gasteiger partial charge in [0, 0.05) is 25.4 Å². The van der Waals surface area contributed by atoms with Crippen molar-refractivity contribution in [3.63, 3.8) is 0 Å². The third-order valence-electron chi connectivity index (χ3n) is 3.51. The van der Waals surface area contributed by atoms with Crippen LogP contribution in [0.25, 0.3) is 0 Å². The van der Waals surface area contributed by atoms with Crippen LogP contribution < -0.4 is 10.6 Å². The van der Waals surface area contributed by atoms with Crippen LogP contribution in [0.4, 0.5) is 0 Å². The summed E-state index contributed by atoms with van der Waals surface area (Å²) in [6.45, 7) is 1.32. The fraction of sp³-hybridized carbons (Fsp3) is 0.278. The molecule has 0 spiro atoms. The highest BCUT2D eigenvalue weighted by Gasteiger charge is 2.14. The van der Waals surface area contributed by atoms with Gasteiger partial charge < -0.3 is 10.6 Å². The van der Waals surface area contributed by atoms with Gasteiger partial charge in [0.2, 0.25) is 5.91 Å². The normalized spacial score (nSPS) is 10.1. The lowest BCUT2D eigenvalue weighted by atomic mass is 9.91. The molecule has 0 heterocycles. The molecule has 0 bridgehead atoms. The van der Waals surface area contributed by atoms with Crippen LogP contribution in [0.2, 0.25) is 0 Å². The highest BCUT2D eigenvalue weighted by Crippen LogP contribution is 2.23. The molecule has 0 aliphatic carbocycles. The molecular weight excluding hydrogens is 296 g/mol. The first-order valence-corrected chi connectivity index (χ1v) is 7.32.